The number of rotatable bonds is 4. The van der Waals surface area contributed by atoms with Gasteiger partial charge in [-0.3, -0.25) is 4.79 Å². The quantitative estimate of drug-likeness (QED) is 0.661. The van der Waals surface area contributed by atoms with Gasteiger partial charge in [0.15, 0.2) is 0 Å². The third-order valence-electron chi connectivity index (χ3n) is 3.82. The molecule has 1 N–H and O–H groups in total. The molecule has 0 aliphatic carbocycles. The van der Waals surface area contributed by atoms with Crippen molar-refractivity contribution in [3.8, 4) is 0 Å². The van der Waals surface area contributed by atoms with Crippen LogP contribution < -0.4 is 10.5 Å². The molecule has 0 spiro atoms. The lowest BCUT2D eigenvalue weighted by atomic mass is 10.1. The summed E-state index contributed by atoms with van der Waals surface area (Å²) in [5.41, 5.74) is 0.517. The number of hydrogen-bond donors (Lipinski definition) is 1. The van der Waals surface area contributed by atoms with E-state index in [0.29, 0.717) is 16.9 Å². The van der Waals surface area contributed by atoms with Gasteiger partial charge in [-0.1, -0.05) is 29.8 Å². The molecule has 3 rings (SSSR count). The summed E-state index contributed by atoms with van der Waals surface area (Å²) in [7, 11) is 0. The van der Waals surface area contributed by atoms with Crippen LogP contribution in [0.5, 0.6) is 0 Å². The first kappa shape index (κ1) is 18.1. The summed E-state index contributed by atoms with van der Waals surface area (Å²) in [6.45, 7) is 0.229. The zero-order chi connectivity index (χ0) is 18.7. The number of aromatic amines is 1. The molecule has 0 unspecified atom stereocenters. The van der Waals surface area contributed by atoms with Crippen molar-refractivity contribution in [2.75, 3.05) is 4.90 Å². The Bertz CT molecular complexity index is 955. The van der Waals surface area contributed by atoms with E-state index in [0.717, 1.165) is 6.07 Å². The van der Waals surface area contributed by atoms with Gasteiger partial charge in [0.25, 0.3) is 0 Å². The molecule has 0 fully saturated rings. The Labute approximate surface area is 152 Å². The largest absolute Gasteiger partial charge is 0.417 e. The van der Waals surface area contributed by atoms with Gasteiger partial charge < -0.3 is 9.88 Å². The van der Waals surface area contributed by atoms with Crippen LogP contribution in [-0.2, 0) is 12.7 Å². The Kier molecular flexibility index (Phi) is 5.04. The van der Waals surface area contributed by atoms with Crippen molar-refractivity contribution in [3.63, 3.8) is 0 Å². The third kappa shape index (κ3) is 4.08. The molecule has 0 bridgehead atoms. The molecule has 0 aliphatic heterocycles. The molecule has 7 heteroatoms. The first-order valence-corrected chi connectivity index (χ1v) is 8.09. The van der Waals surface area contributed by atoms with E-state index in [2.05, 4.69) is 4.98 Å². The molecule has 1 heterocycles. The number of nitrogens with one attached hydrogen (secondary N) is 1. The second-order valence-corrected chi connectivity index (χ2v) is 6.05. The van der Waals surface area contributed by atoms with Crippen molar-refractivity contribution in [1.82, 2.24) is 4.98 Å². The summed E-state index contributed by atoms with van der Waals surface area (Å²) in [4.78, 5) is 15.8. The molecule has 0 aliphatic rings. The Morgan fingerprint density at radius 2 is 1.69 bits per heavy atom. The highest BCUT2D eigenvalue weighted by molar-refractivity contribution is 6.31. The smallest absolute Gasteiger partial charge is 0.337 e. The molecule has 0 saturated heterocycles. The maximum Gasteiger partial charge on any atom is 0.417 e. The minimum Gasteiger partial charge on any atom is -0.337 e. The lowest BCUT2D eigenvalue weighted by Crippen LogP contribution is -2.19. The van der Waals surface area contributed by atoms with Gasteiger partial charge in [0.1, 0.15) is 0 Å². The van der Waals surface area contributed by atoms with E-state index in [4.69, 9.17) is 11.6 Å². The topological polar surface area (TPSA) is 36.1 Å². The van der Waals surface area contributed by atoms with Crippen molar-refractivity contribution in [2.45, 2.75) is 12.7 Å². The molecule has 3 nitrogen and oxygen atoms in total. The average molecular weight is 379 g/mol. The molecule has 3 aromatic rings. The number of benzene rings is 2. The lowest BCUT2D eigenvalue weighted by molar-refractivity contribution is -0.137. The van der Waals surface area contributed by atoms with Crippen molar-refractivity contribution in [3.05, 3.63) is 93.4 Å². The van der Waals surface area contributed by atoms with Crippen molar-refractivity contribution < 1.29 is 13.2 Å². The molecule has 0 amide bonds. The van der Waals surface area contributed by atoms with Crippen molar-refractivity contribution >= 4 is 23.0 Å². The first-order valence-electron chi connectivity index (χ1n) is 7.71. The SMILES string of the molecule is O=c1cc(CN(c2ccccc2)c2ccc(Cl)c(C(F)(F)F)c2)cc[nH]1. The Morgan fingerprint density at radius 3 is 2.35 bits per heavy atom. The lowest BCUT2D eigenvalue weighted by Gasteiger charge is -2.26. The van der Waals surface area contributed by atoms with Gasteiger partial charge in [-0.25, -0.2) is 0 Å². The fourth-order valence-electron chi connectivity index (χ4n) is 2.61. The van der Waals surface area contributed by atoms with Crippen LogP contribution in [0.2, 0.25) is 5.02 Å². The van der Waals surface area contributed by atoms with Gasteiger partial charge in [-0.15, -0.1) is 0 Å². The summed E-state index contributed by atoms with van der Waals surface area (Å²) < 4.78 is 39.7. The number of para-hydroxylation sites is 1. The molecule has 2 aromatic carbocycles. The molecule has 134 valence electrons. The van der Waals surface area contributed by atoms with E-state index < -0.39 is 11.7 Å². The van der Waals surface area contributed by atoms with Crippen LogP contribution >= 0.6 is 11.6 Å². The van der Waals surface area contributed by atoms with Crippen LogP contribution in [0.3, 0.4) is 0 Å². The third-order valence-corrected chi connectivity index (χ3v) is 4.14. The predicted molar refractivity (Wildman–Crippen MR) is 95.8 cm³/mol. The summed E-state index contributed by atoms with van der Waals surface area (Å²) in [6, 6.07) is 15.9. The van der Waals surface area contributed by atoms with E-state index >= 15 is 0 Å². The van der Waals surface area contributed by atoms with E-state index in [-0.39, 0.29) is 17.1 Å². The van der Waals surface area contributed by atoms with Crippen LogP contribution in [0.15, 0.2) is 71.7 Å². The minimum absolute atomic E-state index is 0.229. The second kappa shape index (κ2) is 7.25. The summed E-state index contributed by atoms with van der Waals surface area (Å²) >= 11 is 5.73. The fourth-order valence-corrected chi connectivity index (χ4v) is 2.83. The average Bonchev–Trinajstić information content (AvgIpc) is 2.60. The van der Waals surface area contributed by atoms with Gasteiger partial charge in [0.05, 0.1) is 10.6 Å². The van der Waals surface area contributed by atoms with Crippen LogP contribution in [0, 0.1) is 0 Å². The number of H-pyrrole nitrogens is 1. The van der Waals surface area contributed by atoms with E-state index in [1.807, 2.05) is 6.07 Å². The highest BCUT2D eigenvalue weighted by atomic mass is 35.5. The zero-order valence-electron chi connectivity index (χ0n) is 13.4. The highest BCUT2D eigenvalue weighted by Gasteiger charge is 2.33. The Balaban J connectivity index is 2.08. The van der Waals surface area contributed by atoms with Crippen LogP contribution in [0.1, 0.15) is 11.1 Å². The van der Waals surface area contributed by atoms with Gasteiger partial charge in [-0.2, -0.15) is 13.2 Å². The monoisotopic (exact) mass is 378 g/mol. The molecular formula is C19H14ClF3N2O. The van der Waals surface area contributed by atoms with Gasteiger partial charge in [0.2, 0.25) is 5.56 Å². The maximum absolute atomic E-state index is 13.2. The summed E-state index contributed by atoms with van der Waals surface area (Å²) in [5.74, 6) is 0. The number of nitrogens with zero attached hydrogens (tertiary/aromatic N) is 1. The van der Waals surface area contributed by atoms with Gasteiger partial charge in [0, 0.05) is 30.2 Å². The Morgan fingerprint density at radius 1 is 0.962 bits per heavy atom. The Hall–Kier alpha value is -2.73. The van der Waals surface area contributed by atoms with Gasteiger partial charge in [-0.05, 0) is 42.0 Å². The number of aromatic nitrogens is 1. The predicted octanol–water partition coefficient (Wildman–Crippen LogP) is 5.39. The second-order valence-electron chi connectivity index (χ2n) is 5.64. The fraction of sp³-hybridized carbons (Fsp3) is 0.105. The van der Waals surface area contributed by atoms with Crippen LogP contribution in [0.25, 0.3) is 0 Å². The molecule has 0 atom stereocenters. The van der Waals surface area contributed by atoms with E-state index in [1.165, 1.54) is 24.4 Å². The number of alkyl halides is 3. The first-order chi connectivity index (χ1) is 12.3. The standard InChI is InChI=1S/C19H14ClF3N2O/c20-17-7-6-15(11-16(17)19(21,22)23)25(14-4-2-1-3-5-14)12-13-8-9-24-18(26)10-13/h1-11H,12H2,(H,24,26). The molecular weight excluding hydrogens is 365 g/mol. The van der Waals surface area contributed by atoms with E-state index in [1.54, 1.807) is 35.2 Å². The van der Waals surface area contributed by atoms with Crippen molar-refractivity contribution in [2.24, 2.45) is 0 Å². The zero-order valence-corrected chi connectivity index (χ0v) is 14.2. The number of halogens is 4. The van der Waals surface area contributed by atoms with Crippen molar-refractivity contribution in [1.29, 1.82) is 0 Å². The van der Waals surface area contributed by atoms with Crippen LogP contribution in [-0.4, -0.2) is 4.98 Å². The minimum atomic E-state index is -4.56. The van der Waals surface area contributed by atoms with E-state index in [9.17, 15) is 18.0 Å². The summed E-state index contributed by atoms with van der Waals surface area (Å²) in [5, 5.41) is -0.356. The molecule has 26 heavy (non-hydrogen) atoms. The highest BCUT2D eigenvalue weighted by Crippen LogP contribution is 2.38. The number of pyridine rings is 1. The maximum atomic E-state index is 13.2. The molecule has 1 aromatic heterocycles. The van der Waals surface area contributed by atoms with Crippen LogP contribution in [0.4, 0.5) is 24.5 Å². The summed E-state index contributed by atoms with van der Waals surface area (Å²) in [6.07, 6.45) is -3.05. The normalized spacial score (nSPS) is 11.4. The molecule has 0 radical (unpaired) electrons. The van der Waals surface area contributed by atoms with Gasteiger partial charge >= 0.3 is 6.18 Å². The number of hydrogen-bond acceptors (Lipinski definition) is 2. The molecule has 0 saturated carbocycles. The number of anilines is 2.